The number of nitrogens with zero attached hydrogens (tertiary/aromatic N) is 2. The summed E-state index contributed by atoms with van der Waals surface area (Å²) >= 11 is 23.9. The normalized spacial score (nSPS) is 11.3. The number of fused-ring (bicyclic) bond motifs is 1. The second-order valence-corrected chi connectivity index (χ2v) is 5.82. The van der Waals surface area contributed by atoms with Crippen LogP contribution in [0.2, 0.25) is 15.1 Å². The third-order valence-corrected chi connectivity index (χ3v) is 4.14. The van der Waals surface area contributed by atoms with Gasteiger partial charge in [-0.15, -0.1) is 11.6 Å². The number of alkyl halides is 1. The van der Waals surface area contributed by atoms with E-state index in [0.29, 0.717) is 27.6 Å². The third-order valence-electron chi connectivity index (χ3n) is 3.04. The molecule has 0 atom stereocenters. The fourth-order valence-electron chi connectivity index (χ4n) is 2.17. The number of hydrogen-bond donors (Lipinski definition) is 0. The average Bonchev–Trinajstić information content (AvgIpc) is 2.84. The van der Waals surface area contributed by atoms with Gasteiger partial charge in [-0.3, -0.25) is 4.57 Å². The Bertz CT molecular complexity index is 821. The van der Waals surface area contributed by atoms with Crippen molar-refractivity contribution in [3.05, 3.63) is 57.0 Å². The number of halogens is 5. The average molecular weight is 364 g/mol. The van der Waals surface area contributed by atoms with Crippen molar-refractivity contribution in [2.24, 2.45) is 0 Å². The van der Waals surface area contributed by atoms with Crippen molar-refractivity contribution in [3.63, 3.8) is 0 Å². The lowest BCUT2D eigenvalue weighted by atomic mass is 10.2. The van der Waals surface area contributed by atoms with Gasteiger partial charge in [-0.2, -0.15) is 0 Å². The van der Waals surface area contributed by atoms with Crippen LogP contribution in [0.5, 0.6) is 0 Å². The van der Waals surface area contributed by atoms with Gasteiger partial charge in [0.1, 0.15) is 5.82 Å². The zero-order valence-electron chi connectivity index (χ0n) is 10.4. The maximum Gasteiger partial charge on any atom is 0.160 e. The van der Waals surface area contributed by atoms with Crippen molar-refractivity contribution >= 4 is 57.4 Å². The van der Waals surface area contributed by atoms with E-state index in [1.807, 2.05) is 6.07 Å². The largest absolute Gasteiger partial charge is 0.294 e. The van der Waals surface area contributed by atoms with Gasteiger partial charge in [-0.1, -0.05) is 40.9 Å². The van der Waals surface area contributed by atoms with E-state index in [1.54, 1.807) is 16.7 Å². The lowest BCUT2D eigenvalue weighted by Crippen LogP contribution is -2.00. The van der Waals surface area contributed by atoms with E-state index in [4.69, 9.17) is 46.4 Å². The zero-order chi connectivity index (χ0) is 15.1. The molecule has 0 saturated heterocycles. The van der Waals surface area contributed by atoms with E-state index in [2.05, 4.69) is 4.98 Å². The molecule has 0 aliphatic carbocycles. The molecule has 0 bridgehead atoms. The number of para-hydroxylation sites is 1. The Hall–Kier alpha value is -1.000. The second-order valence-electron chi connectivity index (χ2n) is 4.33. The summed E-state index contributed by atoms with van der Waals surface area (Å²) in [5, 5.41) is 0.354. The van der Waals surface area contributed by atoms with Gasteiger partial charge >= 0.3 is 0 Å². The molecular weight excluding hydrogens is 357 g/mol. The molecule has 1 heterocycles. The van der Waals surface area contributed by atoms with Crippen molar-refractivity contribution in [1.29, 1.82) is 0 Å². The molecule has 2 aromatic carbocycles. The van der Waals surface area contributed by atoms with Gasteiger partial charge in [0.15, 0.2) is 5.82 Å². The molecule has 7 heteroatoms. The fourth-order valence-corrected chi connectivity index (χ4v) is 3.08. The lowest BCUT2D eigenvalue weighted by Gasteiger charge is -2.10. The molecular formula is C14H7Cl4FN2. The van der Waals surface area contributed by atoms with Crippen LogP contribution in [0.3, 0.4) is 0 Å². The van der Waals surface area contributed by atoms with Crippen LogP contribution in [0, 0.1) is 5.82 Å². The van der Waals surface area contributed by atoms with Gasteiger partial charge in [-0.05, 0) is 24.3 Å². The highest BCUT2D eigenvalue weighted by atomic mass is 35.5. The van der Waals surface area contributed by atoms with E-state index in [1.165, 1.54) is 12.1 Å². The first-order valence-corrected chi connectivity index (χ1v) is 7.56. The SMILES string of the molecule is Fc1c(Cl)cc(-n2c(CCl)nc3cccc(Cl)c32)cc1Cl. The maximum absolute atomic E-state index is 13.6. The predicted octanol–water partition coefficient (Wildman–Crippen LogP) is 5.86. The van der Waals surface area contributed by atoms with Gasteiger partial charge in [0.2, 0.25) is 0 Å². The van der Waals surface area contributed by atoms with Crippen LogP contribution in [0.4, 0.5) is 4.39 Å². The molecule has 0 amide bonds. The lowest BCUT2D eigenvalue weighted by molar-refractivity contribution is 0.628. The second kappa shape index (κ2) is 5.65. The summed E-state index contributed by atoms with van der Waals surface area (Å²) < 4.78 is 15.3. The van der Waals surface area contributed by atoms with Crippen LogP contribution in [0.25, 0.3) is 16.7 Å². The first-order valence-electron chi connectivity index (χ1n) is 5.89. The van der Waals surface area contributed by atoms with Crippen LogP contribution in [0.15, 0.2) is 30.3 Å². The van der Waals surface area contributed by atoms with Crippen LogP contribution in [-0.4, -0.2) is 9.55 Å². The first-order chi connectivity index (χ1) is 10.0. The Labute approximate surface area is 140 Å². The quantitative estimate of drug-likeness (QED) is 0.411. The summed E-state index contributed by atoms with van der Waals surface area (Å²) in [5.41, 5.74) is 1.92. The molecule has 3 aromatic rings. The van der Waals surface area contributed by atoms with Gasteiger partial charge in [0.25, 0.3) is 0 Å². The highest BCUT2D eigenvalue weighted by Crippen LogP contribution is 2.32. The first kappa shape index (κ1) is 14.9. The van der Waals surface area contributed by atoms with E-state index < -0.39 is 5.82 Å². The molecule has 0 fully saturated rings. The number of benzene rings is 2. The van der Waals surface area contributed by atoms with Crippen molar-refractivity contribution in [1.82, 2.24) is 9.55 Å². The molecule has 0 aliphatic rings. The zero-order valence-corrected chi connectivity index (χ0v) is 13.4. The summed E-state index contributed by atoms with van der Waals surface area (Å²) in [5.74, 6) is 0.0704. The summed E-state index contributed by atoms with van der Waals surface area (Å²) in [6.07, 6.45) is 0. The van der Waals surface area contributed by atoms with Crippen LogP contribution < -0.4 is 0 Å². The van der Waals surface area contributed by atoms with Crippen molar-refractivity contribution in [2.45, 2.75) is 5.88 Å². The van der Waals surface area contributed by atoms with E-state index in [0.717, 1.165) is 0 Å². The van der Waals surface area contributed by atoms with Gasteiger partial charge < -0.3 is 0 Å². The third kappa shape index (κ3) is 2.49. The molecule has 0 N–H and O–H groups in total. The molecule has 0 radical (unpaired) electrons. The van der Waals surface area contributed by atoms with Crippen molar-refractivity contribution in [3.8, 4) is 5.69 Å². The van der Waals surface area contributed by atoms with E-state index >= 15 is 0 Å². The predicted molar refractivity (Wildman–Crippen MR) is 85.6 cm³/mol. The highest BCUT2D eigenvalue weighted by molar-refractivity contribution is 6.36. The summed E-state index contributed by atoms with van der Waals surface area (Å²) in [4.78, 5) is 4.42. The van der Waals surface area contributed by atoms with Gasteiger partial charge in [-0.25, -0.2) is 9.37 Å². The molecule has 0 saturated carbocycles. The summed E-state index contributed by atoms with van der Waals surface area (Å²) in [7, 11) is 0. The Morgan fingerprint density at radius 3 is 2.33 bits per heavy atom. The standard InChI is InChI=1S/C14H7Cl4FN2/c15-6-12-20-11-3-1-2-8(16)14(11)21(12)7-4-9(17)13(19)10(18)5-7/h1-5H,6H2. The molecule has 108 valence electrons. The monoisotopic (exact) mass is 362 g/mol. The molecule has 0 spiro atoms. The van der Waals surface area contributed by atoms with Gasteiger partial charge in [0, 0.05) is 0 Å². The molecule has 1 aromatic heterocycles. The molecule has 21 heavy (non-hydrogen) atoms. The Kier molecular flexibility index (Phi) is 4.02. The highest BCUT2D eigenvalue weighted by Gasteiger charge is 2.17. The number of rotatable bonds is 2. The molecule has 2 nitrogen and oxygen atoms in total. The minimum Gasteiger partial charge on any atom is -0.294 e. The topological polar surface area (TPSA) is 17.8 Å². The summed E-state index contributed by atoms with van der Waals surface area (Å²) in [6.45, 7) is 0. The molecule has 0 unspecified atom stereocenters. The van der Waals surface area contributed by atoms with E-state index in [9.17, 15) is 4.39 Å². The maximum atomic E-state index is 13.6. The summed E-state index contributed by atoms with van der Waals surface area (Å²) in [6, 6.07) is 8.28. The number of aromatic nitrogens is 2. The smallest absolute Gasteiger partial charge is 0.160 e. The van der Waals surface area contributed by atoms with Crippen molar-refractivity contribution in [2.75, 3.05) is 0 Å². The van der Waals surface area contributed by atoms with Crippen LogP contribution >= 0.6 is 46.4 Å². The van der Waals surface area contributed by atoms with Crippen LogP contribution in [0.1, 0.15) is 5.82 Å². The number of imidazole rings is 1. The van der Waals surface area contributed by atoms with Crippen LogP contribution in [-0.2, 0) is 5.88 Å². The Balaban J connectivity index is 2.39. The van der Waals surface area contributed by atoms with Crippen molar-refractivity contribution < 1.29 is 4.39 Å². The Morgan fingerprint density at radius 2 is 1.71 bits per heavy atom. The Morgan fingerprint density at radius 1 is 1.05 bits per heavy atom. The molecule has 3 rings (SSSR count). The minimum atomic E-state index is -0.662. The van der Waals surface area contributed by atoms with Gasteiger partial charge in [0.05, 0.1) is 37.7 Å². The van der Waals surface area contributed by atoms with E-state index in [-0.39, 0.29) is 15.9 Å². The fraction of sp³-hybridized carbons (Fsp3) is 0.0714. The minimum absolute atomic E-state index is 0.0769. The number of hydrogen-bond acceptors (Lipinski definition) is 1. The molecule has 0 aliphatic heterocycles.